The molecule has 1 saturated carbocycles. The van der Waals surface area contributed by atoms with Gasteiger partial charge in [0.05, 0.1) is 13.2 Å². The molecule has 0 amide bonds. The van der Waals surface area contributed by atoms with Crippen LogP contribution in [-0.4, -0.2) is 26.5 Å². The van der Waals surface area contributed by atoms with Crippen molar-refractivity contribution in [3.05, 3.63) is 0 Å². The molecule has 1 fully saturated rings. The molecule has 1 rings (SSSR count). The molecule has 0 aromatic heterocycles. The Morgan fingerprint density at radius 3 is 1.71 bits per heavy atom. The minimum absolute atomic E-state index is 0.325. The average molecular weight is 439 g/mol. The first-order valence-corrected chi connectivity index (χ1v) is 10.3. The SMILES string of the molecule is CC1CCCC1P(OCCC(Cl)(Cl)Cl)OCCC(Cl)(Cl)Cl. The van der Waals surface area contributed by atoms with E-state index in [0.29, 0.717) is 37.6 Å². The summed E-state index contributed by atoms with van der Waals surface area (Å²) in [6, 6.07) is 0. The lowest BCUT2D eigenvalue weighted by Gasteiger charge is -2.27. The van der Waals surface area contributed by atoms with E-state index in [2.05, 4.69) is 6.92 Å². The van der Waals surface area contributed by atoms with Crippen molar-refractivity contribution in [2.24, 2.45) is 5.92 Å². The van der Waals surface area contributed by atoms with Gasteiger partial charge in [-0.3, -0.25) is 0 Å². The van der Waals surface area contributed by atoms with Gasteiger partial charge in [0.15, 0.2) is 16.0 Å². The molecule has 1 aliphatic rings. The molecular weight excluding hydrogens is 420 g/mol. The summed E-state index contributed by atoms with van der Waals surface area (Å²) in [7, 11) is -1.06. The number of alkyl halides is 6. The number of halogens is 6. The van der Waals surface area contributed by atoms with E-state index in [1.807, 2.05) is 0 Å². The van der Waals surface area contributed by atoms with Crippen molar-refractivity contribution < 1.29 is 9.05 Å². The maximum atomic E-state index is 5.85. The van der Waals surface area contributed by atoms with Crippen LogP contribution in [0.4, 0.5) is 0 Å². The van der Waals surface area contributed by atoms with Crippen LogP contribution in [0.5, 0.6) is 0 Å². The van der Waals surface area contributed by atoms with E-state index in [9.17, 15) is 0 Å². The monoisotopic (exact) mass is 436 g/mol. The fourth-order valence-electron chi connectivity index (χ4n) is 2.17. The zero-order valence-corrected chi connectivity index (χ0v) is 17.1. The van der Waals surface area contributed by atoms with E-state index in [1.165, 1.54) is 12.8 Å². The zero-order chi connectivity index (χ0) is 16.1. The molecule has 0 aliphatic heterocycles. The average Bonchev–Trinajstić information content (AvgIpc) is 2.70. The molecule has 0 saturated heterocycles. The van der Waals surface area contributed by atoms with Gasteiger partial charge in [-0.1, -0.05) is 83.0 Å². The Hall–Kier alpha value is 2.09. The minimum atomic E-state index is -1.31. The summed E-state index contributed by atoms with van der Waals surface area (Å²) in [5, 5.41) is 0. The van der Waals surface area contributed by atoms with Crippen molar-refractivity contribution >= 4 is 78.0 Å². The second-order valence-corrected chi connectivity index (χ2v) is 11.9. The van der Waals surface area contributed by atoms with Crippen LogP contribution in [0, 0.1) is 5.92 Å². The van der Waals surface area contributed by atoms with Crippen molar-refractivity contribution in [1.29, 1.82) is 0 Å². The van der Waals surface area contributed by atoms with Crippen LogP contribution >= 0.6 is 78.0 Å². The van der Waals surface area contributed by atoms with Gasteiger partial charge in [-0.15, -0.1) is 0 Å². The summed E-state index contributed by atoms with van der Waals surface area (Å²) in [6.07, 6.45) is 4.11. The Morgan fingerprint density at radius 1 is 0.905 bits per heavy atom. The van der Waals surface area contributed by atoms with E-state index in [4.69, 9.17) is 78.7 Å². The van der Waals surface area contributed by atoms with E-state index in [0.717, 1.165) is 6.42 Å². The number of rotatable bonds is 7. The molecule has 2 unspecified atom stereocenters. The van der Waals surface area contributed by atoms with Crippen molar-refractivity contribution in [2.45, 2.75) is 52.3 Å². The predicted octanol–water partition coefficient (Wildman–Crippen LogP) is 7.04. The van der Waals surface area contributed by atoms with Gasteiger partial charge in [0.25, 0.3) is 0 Å². The maximum Gasteiger partial charge on any atom is 0.192 e. The fourth-order valence-corrected chi connectivity index (χ4v) is 4.59. The van der Waals surface area contributed by atoms with Crippen molar-refractivity contribution in [2.75, 3.05) is 13.2 Å². The second kappa shape index (κ2) is 9.54. The quantitative estimate of drug-likeness (QED) is 0.313. The van der Waals surface area contributed by atoms with Gasteiger partial charge in [0.2, 0.25) is 0 Å². The summed E-state index contributed by atoms with van der Waals surface area (Å²) in [4.78, 5) is 0. The van der Waals surface area contributed by atoms with Crippen LogP contribution in [0.15, 0.2) is 0 Å². The van der Waals surface area contributed by atoms with Gasteiger partial charge in [-0.05, 0) is 18.8 Å². The third-order valence-electron chi connectivity index (χ3n) is 3.30. The molecule has 0 aromatic carbocycles. The van der Waals surface area contributed by atoms with E-state index in [-0.39, 0.29) is 0 Å². The molecule has 0 heterocycles. The molecule has 9 heteroatoms. The van der Waals surface area contributed by atoms with Crippen LogP contribution in [0.1, 0.15) is 39.0 Å². The molecule has 0 bridgehead atoms. The molecule has 0 N–H and O–H groups in total. The molecule has 0 radical (unpaired) electrons. The van der Waals surface area contributed by atoms with E-state index < -0.39 is 16.0 Å². The largest absolute Gasteiger partial charge is 0.334 e. The van der Waals surface area contributed by atoms with Crippen molar-refractivity contribution in [3.8, 4) is 0 Å². The first kappa shape index (κ1) is 21.1. The first-order chi connectivity index (χ1) is 9.58. The number of hydrogen-bond donors (Lipinski definition) is 0. The summed E-state index contributed by atoms with van der Waals surface area (Å²) >= 11 is 34.4. The maximum absolute atomic E-state index is 5.85. The normalized spacial score (nSPS) is 24.0. The molecule has 2 nitrogen and oxygen atoms in total. The Kier molecular flexibility index (Phi) is 9.60. The van der Waals surface area contributed by atoms with Crippen LogP contribution in [-0.2, 0) is 9.05 Å². The van der Waals surface area contributed by atoms with Gasteiger partial charge >= 0.3 is 0 Å². The van der Waals surface area contributed by atoms with Crippen LogP contribution in [0.2, 0.25) is 0 Å². The van der Waals surface area contributed by atoms with Gasteiger partial charge in [0, 0.05) is 18.5 Å². The van der Waals surface area contributed by atoms with Gasteiger partial charge in [-0.25, -0.2) is 0 Å². The van der Waals surface area contributed by atoms with E-state index in [1.54, 1.807) is 0 Å². The van der Waals surface area contributed by atoms with Crippen LogP contribution in [0.25, 0.3) is 0 Å². The summed E-state index contributed by atoms with van der Waals surface area (Å²) in [5.74, 6) is 0.566. The minimum Gasteiger partial charge on any atom is -0.334 e. The number of hydrogen-bond acceptors (Lipinski definition) is 2. The lowest BCUT2D eigenvalue weighted by molar-refractivity contribution is 0.235. The smallest absolute Gasteiger partial charge is 0.192 e. The molecule has 0 spiro atoms. The van der Waals surface area contributed by atoms with Gasteiger partial charge in [-0.2, -0.15) is 0 Å². The zero-order valence-electron chi connectivity index (χ0n) is 11.6. The molecule has 0 aromatic rings. The van der Waals surface area contributed by atoms with Crippen LogP contribution < -0.4 is 0 Å². The Labute approximate surface area is 157 Å². The molecule has 2 atom stereocenters. The third kappa shape index (κ3) is 9.85. The highest BCUT2D eigenvalue weighted by molar-refractivity contribution is 7.48. The standard InChI is InChI=1S/C12H19Cl6O2P/c1-9-3-2-4-10(9)21(19-7-5-11(13,14)15)20-8-6-12(16,17)18/h9-10H,2-8H2,1H3. The second-order valence-electron chi connectivity index (χ2n) is 5.16. The van der Waals surface area contributed by atoms with Crippen LogP contribution in [0.3, 0.4) is 0 Å². The lowest BCUT2D eigenvalue weighted by atomic mass is 10.1. The van der Waals surface area contributed by atoms with Gasteiger partial charge in [0.1, 0.15) is 0 Å². The highest BCUT2D eigenvalue weighted by Crippen LogP contribution is 2.53. The molecular formula is C12H19Cl6O2P. The van der Waals surface area contributed by atoms with Crippen molar-refractivity contribution in [1.82, 2.24) is 0 Å². The topological polar surface area (TPSA) is 18.5 Å². The molecule has 21 heavy (non-hydrogen) atoms. The lowest BCUT2D eigenvalue weighted by Crippen LogP contribution is -2.16. The fraction of sp³-hybridized carbons (Fsp3) is 1.00. The first-order valence-electron chi connectivity index (χ1n) is 6.77. The Balaban J connectivity index is 2.46. The summed E-state index contributed by atoms with van der Waals surface area (Å²) < 4.78 is 9.08. The van der Waals surface area contributed by atoms with E-state index >= 15 is 0 Å². The predicted molar refractivity (Wildman–Crippen MR) is 95.4 cm³/mol. The summed E-state index contributed by atoms with van der Waals surface area (Å²) in [5.41, 5.74) is 0.394. The Morgan fingerprint density at radius 2 is 1.38 bits per heavy atom. The third-order valence-corrected chi connectivity index (χ3v) is 6.61. The van der Waals surface area contributed by atoms with Gasteiger partial charge < -0.3 is 9.05 Å². The summed E-state index contributed by atoms with van der Waals surface area (Å²) in [6.45, 7) is 2.90. The Bertz CT molecular complexity index is 287. The highest BCUT2D eigenvalue weighted by Gasteiger charge is 2.34. The molecule has 1 aliphatic carbocycles. The highest BCUT2D eigenvalue weighted by atomic mass is 35.6. The van der Waals surface area contributed by atoms with Crippen molar-refractivity contribution in [3.63, 3.8) is 0 Å². The molecule has 126 valence electrons.